The molecule has 0 saturated carbocycles. The molecule has 0 spiro atoms. The van der Waals surface area contributed by atoms with Crippen LogP contribution in [0.5, 0.6) is 0 Å². The molecule has 2 rings (SSSR count). The summed E-state index contributed by atoms with van der Waals surface area (Å²) in [5.74, 6) is 0.556. The van der Waals surface area contributed by atoms with Gasteiger partial charge in [0.25, 0.3) is 0 Å². The largest absolute Gasteiger partial charge is 0.373 e. The third kappa shape index (κ3) is 2.19. The molecule has 1 unspecified atom stereocenters. The van der Waals surface area contributed by atoms with Crippen molar-refractivity contribution in [2.75, 3.05) is 30.5 Å². The van der Waals surface area contributed by atoms with E-state index in [-0.39, 0.29) is 6.10 Å². The molecule has 0 radical (unpaired) electrons. The lowest BCUT2D eigenvalue weighted by Crippen LogP contribution is -2.43. The Morgan fingerprint density at radius 2 is 2.64 bits per heavy atom. The van der Waals surface area contributed by atoms with Crippen molar-refractivity contribution < 1.29 is 4.74 Å². The molecule has 0 bridgehead atoms. The monoisotopic (exact) mass is 232 g/mol. The molecule has 1 atom stereocenters. The summed E-state index contributed by atoms with van der Waals surface area (Å²) in [6.07, 6.45) is 0.148. The molecular formula is C9H13ClN2OS. The molecule has 5 heteroatoms. The van der Waals surface area contributed by atoms with E-state index in [4.69, 9.17) is 16.3 Å². The Hall–Kier alpha value is -0.320. The molecule has 0 N–H and O–H groups in total. The number of hydrogen-bond donors (Lipinski definition) is 0. The molecule has 1 saturated heterocycles. The first-order valence-corrected chi connectivity index (χ1v) is 6.05. The van der Waals surface area contributed by atoms with Crippen LogP contribution in [0.25, 0.3) is 0 Å². The van der Waals surface area contributed by atoms with Crippen molar-refractivity contribution in [3.63, 3.8) is 0 Å². The van der Waals surface area contributed by atoms with E-state index in [1.807, 2.05) is 6.92 Å². The summed E-state index contributed by atoms with van der Waals surface area (Å²) in [5, 5.41) is 3.15. The summed E-state index contributed by atoms with van der Waals surface area (Å²) in [7, 11) is 0. The zero-order chi connectivity index (χ0) is 9.97. The van der Waals surface area contributed by atoms with E-state index < -0.39 is 0 Å². The summed E-state index contributed by atoms with van der Waals surface area (Å²) in [5.41, 5.74) is 1.08. The molecule has 1 aliphatic rings. The second-order valence-corrected chi connectivity index (χ2v) is 4.51. The fourth-order valence-corrected chi connectivity index (χ4v) is 2.50. The van der Waals surface area contributed by atoms with Crippen LogP contribution in [0.15, 0.2) is 5.38 Å². The molecule has 0 aromatic carbocycles. The van der Waals surface area contributed by atoms with Gasteiger partial charge in [0.2, 0.25) is 0 Å². The minimum absolute atomic E-state index is 0.148. The molecule has 2 heterocycles. The number of halogens is 1. The number of aryl methyl sites for hydroxylation is 1. The highest BCUT2D eigenvalue weighted by Crippen LogP contribution is 2.22. The van der Waals surface area contributed by atoms with Gasteiger partial charge in [-0.2, -0.15) is 0 Å². The average molecular weight is 233 g/mol. The summed E-state index contributed by atoms with van der Waals surface area (Å²) >= 11 is 7.45. The molecule has 14 heavy (non-hydrogen) atoms. The maximum Gasteiger partial charge on any atom is 0.185 e. The number of nitrogens with zero attached hydrogens (tertiary/aromatic N) is 2. The number of ether oxygens (including phenoxy) is 1. The Morgan fingerprint density at radius 1 is 1.79 bits per heavy atom. The molecule has 1 aromatic heterocycles. The quantitative estimate of drug-likeness (QED) is 0.729. The highest BCUT2D eigenvalue weighted by Gasteiger charge is 2.21. The van der Waals surface area contributed by atoms with Gasteiger partial charge in [0.05, 0.1) is 24.3 Å². The molecule has 0 amide bonds. The number of hydrogen-bond acceptors (Lipinski definition) is 4. The van der Waals surface area contributed by atoms with E-state index >= 15 is 0 Å². The van der Waals surface area contributed by atoms with Crippen LogP contribution in [0.1, 0.15) is 5.69 Å². The van der Waals surface area contributed by atoms with Crippen LogP contribution in [0.4, 0.5) is 5.13 Å². The average Bonchev–Trinajstić information content (AvgIpc) is 2.65. The van der Waals surface area contributed by atoms with Crippen LogP contribution >= 0.6 is 22.9 Å². The maximum absolute atomic E-state index is 5.77. The third-order valence-corrected chi connectivity index (χ3v) is 3.55. The topological polar surface area (TPSA) is 25.4 Å². The van der Waals surface area contributed by atoms with Gasteiger partial charge in [-0.25, -0.2) is 4.98 Å². The molecule has 1 aromatic rings. The number of aromatic nitrogens is 1. The second kappa shape index (κ2) is 4.47. The highest BCUT2D eigenvalue weighted by molar-refractivity contribution is 7.13. The minimum atomic E-state index is 0.148. The number of morpholine rings is 1. The Morgan fingerprint density at radius 3 is 3.29 bits per heavy atom. The van der Waals surface area contributed by atoms with Crippen molar-refractivity contribution in [2.24, 2.45) is 0 Å². The molecule has 3 nitrogen and oxygen atoms in total. The van der Waals surface area contributed by atoms with E-state index in [0.29, 0.717) is 5.88 Å². The lowest BCUT2D eigenvalue weighted by atomic mass is 10.3. The van der Waals surface area contributed by atoms with Crippen LogP contribution in [0.3, 0.4) is 0 Å². The fraction of sp³-hybridized carbons (Fsp3) is 0.667. The summed E-state index contributed by atoms with van der Waals surface area (Å²) in [4.78, 5) is 6.69. The fourth-order valence-electron chi connectivity index (χ4n) is 1.47. The van der Waals surface area contributed by atoms with Crippen LogP contribution in [-0.4, -0.2) is 36.7 Å². The van der Waals surface area contributed by atoms with Gasteiger partial charge in [-0.1, -0.05) is 0 Å². The summed E-state index contributed by atoms with van der Waals surface area (Å²) in [6.45, 7) is 4.53. The Balaban J connectivity index is 2.04. The smallest absolute Gasteiger partial charge is 0.185 e. The summed E-state index contributed by atoms with van der Waals surface area (Å²) in [6, 6.07) is 0. The van der Waals surface area contributed by atoms with E-state index in [9.17, 15) is 0 Å². The zero-order valence-electron chi connectivity index (χ0n) is 8.07. The van der Waals surface area contributed by atoms with Crippen molar-refractivity contribution in [1.82, 2.24) is 4.98 Å². The van der Waals surface area contributed by atoms with Gasteiger partial charge in [-0.15, -0.1) is 22.9 Å². The van der Waals surface area contributed by atoms with Gasteiger partial charge in [0, 0.05) is 18.5 Å². The van der Waals surface area contributed by atoms with Crippen LogP contribution in [0.2, 0.25) is 0 Å². The van der Waals surface area contributed by atoms with Gasteiger partial charge < -0.3 is 9.64 Å². The second-order valence-electron chi connectivity index (χ2n) is 3.36. The number of rotatable bonds is 2. The van der Waals surface area contributed by atoms with Crippen molar-refractivity contribution in [1.29, 1.82) is 0 Å². The van der Waals surface area contributed by atoms with Crippen molar-refractivity contribution in [2.45, 2.75) is 13.0 Å². The lowest BCUT2D eigenvalue weighted by molar-refractivity contribution is 0.0554. The van der Waals surface area contributed by atoms with Crippen molar-refractivity contribution in [3.8, 4) is 0 Å². The van der Waals surface area contributed by atoms with E-state index in [2.05, 4.69) is 15.3 Å². The van der Waals surface area contributed by atoms with E-state index in [1.54, 1.807) is 11.3 Å². The predicted molar refractivity (Wildman–Crippen MR) is 59.5 cm³/mol. The minimum Gasteiger partial charge on any atom is -0.373 e. The first-order valence-electron chi connectivity index (χ1n) is 4.64. The molecule has 1 fully saturated rings. The molecule has 1 aliphatic heterocycles. The van der Waals surface area contributed by atoms with Crippen LogP contribution < -0.4 is 4.90 Å². The Bertz CT molecular complexity index is 305. The van der Waals surface area contributed by atoms with Gasteiger partial charge in [0.1, 0.15) is 0 Å². The van der Waals surface area contributed by atoms with Gasteiger partial charge in [-0.05, 0) is 6.92 Å². The standard InChI is InChI=1S/C9H13ClN2OS/c1-7-6-14-9(11-7)12-2-3-13-8(4-10)5-12/h6,8H,2-5H2,1H3. The maximum atomic E-state index is 5.77. The van der Waals surface area contributed by atoms with Crippen LogP contribution in [0, 0.1) is 6.92 Å². The van der Waals surface area contributed by atoms with Crippen molar-refractivity contribution in [3.05, 3.63) is 11.1 Å². The molecule has 78 valence electrons. The molecule has 0 aliphatic carbocycles. The highest BCUT2D eigenvalue weighted by atomic mass is 35.5. The zero-order valence-corrected chi connectivity index (χ0v) is 9.64. The Labute approximate surface area is 92.7 Å². The number of thiazole rings is 1. The number of anilines is 1. The first kappa shape index (κ1) is 10.2. The van der Waals surface area contributed by atoms with E-state index in [0.717, 1.165) is 30.5 Å². The SMILES string of the molecule is Cc1csc(N2CCOC(CCl)C2)n1. The van der Waals surface area contributed by atoms with Crippen molar-refractivity contribution >= 4 is 28.1 Å². The van der Waals surface area contributed by atoms with Crippen LogP contribution in [-0.2, 0) is 4.74 Å². The molecular weight excluding hydrogens is 220 g/mol. The van der Waals surface area contributed by atoms with Gasteiger partial charge in [0.15, 0.2) is 5.13 Å². The number of alkyl halides is 1. The van der Waals surface area contributed by atoms with Gasteiger partial charge in [-0.3, -0.25) is 0 Å². The third-order valence-electron chi connectivity index (χ3n) is 2.19. The Kier molecular flexibility index (Phi) is 3.26. The lowest BCUT2D eigenvalue weighted by Gasteiger charge is -2.31. The summed E-state index contributed by atoms with van der Waals surface area (Å²) < 4.78 is 5.49. The van der Waals surface area contributed by atoms with Gasteiger partial charge >= 0.3 is 0 Å². The predicted octanol–water partition coefficient (Wildman–Crippen LogP) is 1.90. The normalized spacial score (nSPS) is 22.7. The van der Waals surface area contributed by atoms with E-state index in [1.165, 1.54) is 0 Å². The first-order chi connectivity index (χ1) is 6.79.